The van der Waals surface area contributed by atoms with Crippen LogP contribution >= 0.6 is 11.6 Å². The molecule has 0 aromatic carbocycles. The Morgan fingerprint density at radius 2 is 2.24 bits per heavy atom. The minimum Gasteiger partial charge on any atom is -0.481 e. The van der Waals surface area contributed by atoms with E-state index in [0.29, 0.717) is 6.42 Å². The lowest BCUT2D eigenvalue weighted by Crippen LogP contribution is -2.23. The number of anilines is 1. The number of carbonyl (C=O) groups is 1. The summed E-state index contributed by atoms with van der Waals surface area (Å²) in [5.41, 5.74) is 0. The molecule has 0 fully saturated rings. The van der Waals surface area contributed by atoms with E-state index in [-0.39, 0.29) is 23.8 Å². The predicted molar refractivity (Wildman–Crippen MR) is 61.3 cm³/mol. The van der Waals surface area contributed by atoms with Crippen molar-refractivity contribution < 1.29 is 14.6 Å². The van der Waals surface area contributed by atoms with E-state index in [1.807, 2.05) is 0 Å². The first kappa shape index (κ1) is 13.4. The van der Waals surface area contributed by atoms with E-state index in [4.69, 9.17) is 21.4 Å². The van der Waals surface area contributed by atoms with Crippen molar-refractivity contribution in [3.63, 3.8) is 0 Å². The molecule has 0 bridgehead atoms. The molecule has 1 aromatic rings. The highest BCUT2D eigenvalue weighted by atomic mass is 35.5. The number of hydrogen-bond donors (Lipinski definition) is 2. The number of aromatic nitrogens is 3. The first-order chi connectivity index (χ1) is 8.06. The fourth-order valence-corrected chi connectivity index (χ4v) is 1.28. The Kier molecular flexibility index (Phi) is 4.89. The maximum absolute atomic E-state index is 10.8. The van der Waals surface area contributed by atoms with Gasteiger partial charge < -0.3 is 15.2 Å². The van der Waals surface area contributed by atoms with E-state index >= 15 is 0 Å². The monoisotopic (exact) mass is 260 g/mol. The number of nitrogens with zero attached hydrogens (tertiary/aromatic N) is 3. The van der Waals surface area contributed by atoms with E-state index in [1.165, 1.54) is 7.11 Å². The normalized spacial score (nSPS) is 11.9. The number of aliphatic carboxylic acids is 1. The number of halogens is 1. The summed E-state index contributed by atoms with van der Waals surface area (Å²) < 4.78 is 4.81. The van der Waals surface area contributed by atoms with Gasteiger partial charge >= 0.3 is 12.0 Å². The largest absolute Gasteiger partial charge is 0.481 e. The molecule has 0 amide bonds. The summed E-state index contributed by atoms with van der Waals surface area (Å²) in [5, 5.41) is 11.6. The third-order valence-electron chi connectivity index (χ3n) is 2.12. The Morgan fingerprint density at radius 3 is 2.76 bits per heavy atom. The highest BCUT2D eigenvalue weighted by Crippen LogP contribution is 2.11. The van der Waals surface area contributed by atoms with E-state index < -0.39 is 11.9 Å². The second-order valence-electron chi connectivity index (χ2n) is 3.24. The van der Waals surface area contributed by atoms with Gasteiger partial charge in [-0.15, -0.1) is 0 Å². The minimum atomic E-state index is -0.868. The second kappa shape index (κ2) is 6.19. The molecule has 1 rings (SSSR count). The van der Waals surface area contributed by atoms with E-state index in [2.05, 4.69) is 20.3 Å². The minimum absolute atomic E-state index is 0.0114. The highest BCUT2D eigenvalue weighted by Gasteiger charge is 2.15. The van der Waals surface area contributed by atoms with Crippen LogP contribution in [-0.4, -0.2) is 39.7 Å². The van der Waals surface area contributed by atoms with Crippen LogP contribution in [0.3, 0.4) is 0 Å². The molecule has 0 radical (unpaired) electrons. The van der Waals surface area contributed by atoms with E-state index in [1.54, 1.807) is 6.92 Å². The van der Waals surface area contributed by atoms with Crippen molar-refractivity contribution >= 4 is 23.5 Å². The van der Waals surface area contributed by atoms with Crippen molar-refractivity contribution in [3.05, 3.63) is 5.28 Å². The highest BCUT2D eigenvalue weighted by molar-refractivity contribution is 6.28. The molecular weight excluding hydrogens is 248 g/mol. The summed E-state index contributed by atoms with van der Waals surface area (Å²) in [6.07, 6.45) is 0.512. The molecule has 8 heteroatoms. The number of rotatable bonds is 6. The molecule has 0 saturated heterocycles. The molecule has 0 spiro atoms. The topological polar surface area (TPSA) is 97.2 Å². The Bertz CT molecular complexity index is 402. The van der Waals surface area contributed by atoms with Crippen molar-refractivity contribution in [1.82, 2.24) is 15.0 Å². The Labute approximate surface area is 103 Å². The van der Waals surface area contributed by atoms with Crippen LogP contribution < -0.4 is 10.1 Å². The van der Waals surface area contributed by atoms with E-state index in [0.717, 1.165) is 0 Å². The van der Waals surface area contributed by atoms with Gasteiger partial charge in [0.1, 0.15) is 0 Å². The first-order valence-electron chi connectivity index (χ1n) is 4.99. The van der Waals surface area contributed by atoms with Crippen LogP contribution in [0.2, 0.25) is 5.28 Å². The van der Waals surface area contributed by atoms with Gasteiger partial charge in [-0.25, -0.2) is 0 Å². The van der Waals surface area contributed by atoms with Crippen LogP contribution in [0.4, 0.5) is 5.95 Å². The van der Waals surface area contributed by atoms with Gasteiger partial charge in [0, 0.05) is 6.54 Å². The molecule has 0 aliphatic rings. The fraction of sp³-hybridized carbons (Fsp3) is 0.556. The Hall–Kier alpha value is -1.63. The molecule has 0 saturated carbocycles. The van der Waals surface area contributed by atoms with Crippen LogP contribution in [0.25, 0.3) is 0 Å². The number of methoxy groups -OCH3 is 1. The summed E-state index contributed by atoms with van der Waals surface area (Å²) in [5.74, 6) is -1.18. The number of nitrogens with one attached hydrogen (secondary N) is 1. The van der Waals surface area contributed by atoms with Crippen molar-refractivity contribution in [2.75, 3.05) is 19.0 Å². The maximum Gasteiger partial charge on any atom is 0.322 e. The molecule has 1 heterocycles. The number of hydrogen-bond acceptors (Lipinski definition) is 6. The Balaban J connectivity index is 2.68. The van der Waals surface area contributed by atoms with Gasteiger partial charge in [0.2, 0.25) is 11.2 Å². The predicted octanol–water partition coefficient (Wildman–Crippen LogP) is 1.06. The summed E-state index contributed by atoms with van der Waals surface area (Å²) in [6.45, 7) is 2.01. The lowest BCUT2D eigenvalue weighted by Gasteiger charge is -2.11. The van der Waals surface area contributed by atoms with Crippen molar-refractivity contribution in [2.45, 2.75) is 13.3 Å². The van der Waals surface area contributed by atoms with Gasteiger partial charge in [-0.05, 0) is 18.0 Å². The van der Waals surface area contributed by atoms with Crippen LogP contribution in [0, 0.1) is 5.92 Å². The van der Waals surface area contributed by atoms with Crippen LogP contribution in [0.15, 0.2) is 0 Å². The van der Waals surface area contributed by atoms with Crippen molar-refractivity contribution in [3.8, 4) is 6.01 Å². The van der Waals surface area contributed by atoms with Gasteiger partial charge in [-0.2, -0.15) is 15.0 Å². The Morgan fingerprint density at radius 1 is 1.53 bits per heavy atom. The molecule has 1 atom stereocenters. The molecular formula is C9H13ClN4O3. The third kappa shape index (κ3) is 4.03. The number of ether oxygens (including phenoxy) is 1. The maximum atomic E-state index is 10.8. The number of carboxylic acid groups (broad SMARTS) is 1. The van der Waals surface area contributed by atoms with Crippen LogP contribution in [0.1, 0.15) is 13.3 Å². The van der Waals surface area contributed by atoms with Crippen molar-refractivity contribution in [2.24, 2.45) is 5.92 Å². The summed E-state index contributed by atoms with van der Waals surface area (Å²) in [7, 11) is 1.40. The molecule has 17 heavy (non-hydrogen) atoms. The molecule has 94 valence electrons. The van der Waals surface area contributed by atoms with Gasteiger partial charge in [0.05, 0.1) is 13.0 Å². The lowest BCUT2D eigenvalue weighted by atomic mass is 10.1. The molecule has 0 aliphatic carbocycles. The van der Waals surface area contributed by atoms with Crippen LogP contribution in [0.5, 0.6) is 6.01 Å². The zero-order valence-electron chi connectivity index (χ0n) is 9.47. The van der Waals surface area contributed by atoms with Crippen molar-refractivity contribution in [1.29, 1.82) is 0 Å². The standard InChI is InChI=1S/C9H13ClN4O3/c1-3-5(6(15)16)4-11-8-12-7(10)13-9(14-8)17-2/h5H,3-4H2,1-2H3,(H,15,16)(H,11,12,13,14). The zero-order valence-corrected chi connectivity index (χ0v) is 10.2. The van der Waals surface area contributed by atoms with Gasteiger partial charge in [0.25, 0.3) is 0 Å². The smallest absolute Gasteiger partial charge is 0.322 e. The summed E-state index contributed by atoms with van der Waals surface area (Å²) >= 11 is 5.64. The third-order valence-corrected chi connectivity index (χ3v) is 2.29. The van der Waals surface area contributed by atoms with Crippen LogP contribution in [-0.2, 0) is 4.79 Å². The average molecular weight is 261 g/mol. The molecule has 0 aliphatic heterocycles. The SMILES string of the molecule is CCC(CNc1nc(Cl)nc(OC)n1)C(=O)O. The van der Waals surface area contributed by atoms with Gasteiger partial charge in [-0.1, -0.05) is 6.92 Å². The lowest BCUT2D eigenvalue weighted by molar-refractivity contribution is -0.141. The molecule has 1 aromatic heterocycles. The van der Waals surface area contributed by atoms with Gasteiger partial charge in [0.15, 0.2) is 0 Å². The first-order valence-corrected chi connectivity index (χ1v) is 5.36. The molecule has 2 N–H and O–H groups in total. The summed E-state index contributed by atoms with van der Waals surface area (Å²) in [4.78, 5) is 22.2. The average Bonchev–Trinajstić information content (AvgIpc) is 2.28. The summed E-state index contributed by atoms with van der Waals surface area (Å²) in [6, 6.07) is 0.0795. The molecule has 7 nitrogen and oxygen atoms in total. The zero-order chi connectivity index (χ0) is 12.8. The van der Waals surface area contributed by atoms with Gasteiger partial charge in [-0.3, -0.25) is 4.79 Å². The second-order valence-corrected chi connectivity index (χ2v) is 3.58. The number of carboxylic acids is 1. The quantitative estimate of drug-likeness (QED) is 0.789. The molecule has 1 unspecified atom stereocenters. The van der Waals surface area contributed by atoms with E-state index in [9.17, 15) is 4.79 Å². The fourth-order valence-electron chi connectivity index (χ4n) is 1.12.